The number of carboxylic acids is 1. The molecule has 78 valence electrons. The number of oxazole rings is 1. The van der Waals surface area contributed by atoms with Gasteiger partial charge in [-0.25, -0.2) is 9.78 Å². The molecule has 0 aliphatic carbocycles. The molecule has 0 aliphatic rings. The van der Waals surface area contributed by atoms with Gasteiger partial charge in [-0.05, 0) is 12.2 Å². The van der Waals surface area contributed by atoms with Crippen LogP contribution in [0.4, 0.5) is 0 Å². The van der Waals surface area contributed by atoms with Crippen LogP contribution in [0.15, 0.2) is 10.6 Å². The molecule has 2 aromatic heterocycles. The number of hydrogen-bond acceptors (Lipinski definition) is 4. The van der Waals surface area contributed by atoms with Gasteiger partial charge >= 0.3 is 5.97 Å². The molecule has 0 aliphatic heterocycles. The number of imidazole rings is 1. The Bertz CT molecular complexity index is 566. The Labute approximate surface area is 89.0 Å². The van der Waals surface area contributed by atoms with Crippen LogP contribution in [0.1, 0.15) is 16.4 Å². The normalized spacial score (nSPS) is 10.5. The summed E-state index contributed by atoms with van der Waals surface area (Å²) in [4.78, 5) is 20.0. The summed E-state index contributed by atoms with van der Waals surface area (Å²) in [7, 11) is 0. The molecule has 6 nitrogen and oxygen atoms in total. The summed E-state index contributed by atoms with van der Waals surface area (Å²) < 4.78 is 5.43. The third-order valence-corrected chi connectivity index (χ3v) is 2.01. The molecular weight excluding hydrogens is 218 g/mol. The molecule has 2 aromatic rings. The van der Waals surface area contributed by atoms with E-state index in [0.29, 0.717) is 17.3 Å². The van der Waals surface area contributed by atoms with Crippen LogP contribution in [0.3, 0.4) is 0 Å². The summed E-state index contributed by atoms with van der Waals surface area (Å²) >= 11 is 4.81. The van der Waals surface area contributed by atoms with Crippen LogP contribution in [0.5, 0.6) is 0 Å². The molecule has 0 aromatic carbocycles. The number of aromatic nitrogens is 3. The Balaban J connectivity index is 2.61. The number of H-pyrrole nitrogens is 2. The average molecular weight is 225 g/mol. The second kappa shape index (κ2) is 3.35. The van der Waals surface area contributed by atoms with E-state index in [0.717, 1.165) is 0 Å². The molecule has 0 amide bonds. The predicted molar refractivity (Wildman–Crippen MR) is 53.2 cm³/mol. The van der Waals surface area contributed by atoms with Crippen molar-refractivity contribution in [3.8, 4) is 11.5 Å². The van der Waals surface area contributed by atoms with Gasteiger partial charge in [-0.2, -0.15) is 0 Å². The zero-order valence-corrected chi connectivity index (χ0v) is 8.51. The molecule has 0 fully saturated rings. The fourth-order valence-corrected chi connectivity index (χ4v) is 1.41. The van der Waals surface area contributed by atoms with Gasteiger partial charge in [0.05, 0.1) is 6.20 Å². The van der Waals surface area contributed by atoms with E-state index >= 15 is 0 Å². The van der Waals surface area contributed by atoms with Crippen LogP contribution < -0.4 is 0 Å². The van der Waals surface area contributed by atoms with E-state index < -0.39 is 5.97 Å². The van der Waals surface area contributed by atoms with Crippen molar-refractivity contribution in [3.05, 3.63) is 22.6 Å². The number of hydrogen-bond donors (Lipinski definition) is 3. The van der Waals surface area contributed by atoms with Crippen molar-refractivity contribution in [1.29, 1.82) is 0 Å². The van der Waals surface area contributed by atoms with Crippen LogP contribution in [0, 0.1) is 11.7 Å². The number of aryl methyl sites for hydroxylation is 1. The van der Waals surface area contributed by atoms with Gasteiger partial charge in [0.1, 0.15) is 5.69 Å². The topological polar surface area (TPSA) is 94.9 Å². The Kier molecular flexibility index (Phi) is 2.16. The van der Waals surface area contributed by atoms with Crippen LogP contribution in [0.25, 0.3) is 11.5 Å². The van der Waals surface area contributed by atoms with Gasteiger partial charge in [0.2, 0.25) is 0 Å². The first-order valence-corrected chi connectivity index (χ1v) is 4.47. The van der Waals surface area contributed by atoms with E-state index in [2.05, 4.69) is 15.0 Å². The van der Waals surface area contributed by atoms with Crippen LogP contribution in [0.2, 0.25) is 0 Å². The summed E-state index contributed by atoms with van der Waals surface area (Å²) in [6.45, 7) is 1.67. The fraction of sp³-hybridized carbons (Fsp3) is 0.125. The molecule has 0 bridgehead atoms. The molecule has 0 atom stereocenters. The van der Waals surface area contributed by atoms with E-state index in [4.69, 9.17) is 21.7 Å². The maximum absolute atomic E-state index is 10.9. The Morgan fingerprint density at radius 3 is 2.87 bits per heavy atom. The lowest BCUT2D eigenvalue weighted by atomic mass is 10.3. The van der Waals surface area contributed by atoms with E-state index in [9.17, 15) is 4.79 Å². The number of nitrogens with zero attached hydrogens (tertiary/aromatic N) is 1. The van der Waals surface area contributed by atoms with Crippen molar-refractivity contribution in [3.63, 3.8) is 0 Å². The van der Waals surface area contributed by atoms with Gasteiger partial charge in [-0.3, -0.25) is 0 Å². The number of carboxylic acid groups (broad SMARTS) is 1. The predicted octanol–water partition coefficient (Wildman–Crippen LogP) is 1.73. The Morgan fingerprint density at radius 2 is 2.33 bits per heavy atom. The molecule has 2 rings (SSSR count). The minimum atomic E-state index is -1.11. The lowest BCUT2D eigenvalue weighted by molar-refractivity contribution is 0.0691. The number of nitrogens with one attached hydrogen (secondary N) is 2. The third kappa shape index (κ3) is 1.68. The highest BCUT2D eigenvalue weighted by atomic mass is 32.1. The molecule has 0 saturated carbocycles. The summed E-state index contributed by atoms with van der Waals surface area (Å²) in [6.07, 6.45) is 1.44. The second-order valence-corrected chi connectivity index (χ2v) is 3.29. The lowest BCUT2D eigenvalue weighted by Gasteiger charge is -1.92. The largest absolute Gasteiger partial charge is 0.477 e. The quantitative estimate of drug-likeness (QED) is 0.676. The minimum absolute atomic E-state index is 0.0313. The summed E-state index contributed by atoms with van der Waals surface area (Å²) in [6, 6.07) is 0. The molecule has 0 spiro atoms. The zero-order valence-electron chi connectivity index (χ0n) is 7.70. The standard InChI is InChI=1S/C8H7N3O3S/c1-3-9-2-4(14-3)5-6(7(12)13)11-8(15)10-5/h2H,1H3,(H,12,13)(H2,10,11,15). The first-order valence-electron chi connectivity index (χ1n) is 4.06. The van der Waals surface area contributed by atoms with Gasteiger partial charge in [0.15, 0.2) is 22.1 Å². The molecule has 0 saturated heterocycles. The number of carbonyl (C=O) groups is 1. The summed E-state index contributed by atoms with van der Waals surface area (Å²) in [5.41, 5.74) is 0.268. The van der Waals surface area contributed by atoms with Gasteiger partial charge in [-0.15, -0.1) is 0 Å². The highest BCUT2D eigenvalue weighted by molar-refractivity contribution is 7.71. The molecule has 15 heavy (non-hydrogen) atoms. The highest BCUT2D eigenvalue weighted by Gasteiger charge is 2.17. The summed E-state index contributed by atoms with van der Waals surface area (Å²) in [5.74, 6) is -0.300. The maximum atomic E-state index is 10.9. The van der Waals surface area contributed by atoms with Crippen LogP contribution in [-0.4, -0.2) is 26.0 Å². The first-order chi connectivity index (χ1) is 7.08. The average Bonchev–Trinajstić information content (AvgIpc) is 2.71. The van der Waals surface area contributed by atoms with Crippen molar-refractivity contribution in [2.24, 2.45) is 0 Å². The number of aromatic amines is 2. The van der Waals surface area contributed by atoms with E-state index in [1.54, 1.807) is 6.92 Å². The van der Waals surface area contributed by atoms with Gasteiger partial charge in [0, 0.05) is 6.92 Å². The van der Waals surface area contributed by atoms with Crippen molar-refractivity contribution in [1.82, 2.24) is 15.0 Å². The third-order valence-electron chi connectivity index (χ3n) is 1.81. The van der Waals surface area contributed by atoms with E-state index in [-0.39, 0.29) is 10.5 Å². The van der Waals surface area contributed by atoms with E-state index in [1.807, 2.05) is 0 Å². The highest BCUT2D eigenvalue weighted by Crippen LogP contribution is 2.21. The van der Waals surface area contributed by atoms with Crippen molar-refractivity contribution >= 4 is 18.2 Å². The maximum Gasteiger partial charge on any atom is 0.354 e. The molecule has 7 heteroatoms. The monoisotopic (exact) mass is 225 g/mol. The Morgan fingerprint density at radius 1 is 1.60 bits per heavy atom. The molecule has 0 radical (unpaired) electrons. The lowest BCUT2D eigenvalue weighted by Crippen LogP contribution is -1.98. The smallest absolute Gasteiger partial charge is 0.354 e. The molecular formula is C8H7N3O3S. The fourth-order valence-electron chi connectivity index (χ4n) is 1.21. The van der Waals surface area contributed by atoms with E-state index in [1.165, 1.54) is 6.20 Å². The minimum Gasteiger partial charge on any atom is -0.477 e. The van der Waals surface area contributed by atoms with Crippen molar-refractivity contribution in [2.75, 3.05) is 0 Å². The first kappa shape index (κ1) is 9.66. The van der Waals surface area contributed by atoms with Gasteiger partial charge in [-0.1, -0.05) is 0 Å². The number of aromatic carboxylic acids is 1. The molecule has 3 N–H and O–H groups in total. The van der Waals surface area contributed by atoms with Crippen molar-refractivity contribution < 1.29 is 14.3 Å². The Hall–Kier alpha value is -1.89. The SMILES string of the molecule is Cc1ncc(-c2[nH]c(=S)[nH]c2C(=O)O)o1. The zero-order chi connectivity index (χ0) is 11.0. The molecule has 0 unspecified atom stereocenters. The van der Waals surface area contributed by atoms with Crippen molar-refractivity contribution in [2.45, 2.75) is 6.92 Å². The van der Waals surface area contributed by atoms with Gasteiger partial charge < -0.3 is 19.5 Å². The second-order valence-electron chi connectivity index (χ2n) is 2.88. The number of rotatable bonds is 2. The van der Waals surface area contributed by atoms with Crippen LogP contribution >= 0.6 is 12.2 Å². The summed E-state index contributed by atoms with van der Waals surface area (Å²) in [5, 5.41) is 8.89. The van der Waals surface area contributed by atoms with Crippen LogP contribution in [-0.2, 0) is 0 Å². The van der Waals surface area contributed by atoms with Gasteiger partial charge in [0.25, 0.3) is 0 Å². The molecule has 2 heterocycles.